The molecule has 1 atom stereocenters. The van der Waals surface area contributed by atoms with Crippen molar-refractivity contribution < 1.29 is 28.7 Å². The second-order valence-corrected chi connectivity index (χ2v) is 12.1. The summed E-state index contributed by atoms with van der Waals surface area (Å²) < 4.78 is 24.6. The molecular formula is C37H32N4O8S. The summed E-state index contributed by atoms with van der Waals surface area (Å²) in [7, 11) is 4.58. The maximum atomic E-state index is 14.3. The van der Waals surface area contributed by atoms with E-state index in [0.717, 1.165) is 5.56 Å². The van der Waals surface area contributed by atoms with E-state index in [1.807, 2.05) is 18.2 Å². The number of amides is 1. The van der Waals surface area contributed by atoms with Crippen LogP contribution < -0.4 is 39.2 Å². The SMILES string of the molecule is COc1ccc([C@@H]2C(C(=O)Nc3ccccc3)=C(C)N=c3s/c(=C\c4ccc(OCc5ccc([N+](=O)[O-])cc5)c(OC)c4)c(=O)n32)c(OC)c1. The van der Waals surface area contributed by atoms with Gasteiger partial charge in [-0.3, -0.25) is 24.3 Å². The molecule has 0 aliphatic carbocycles. The topological polar surface area (TPSA) is 144 Å². The van der Waals surface area contributed by atoms with Crippen LogP contribution in [0.25, 0.3) is 6.08 Å². The number of nitro groups is 1. The average molecular weight is 693 g/mol. The number of thiazole rings is 1. The molecule has 1 amide bonds. The van der Waals surface area contributed by atoms with Gasteiger partial charge in [-0.25, -0.2) is 4.99 Å². The molecule has 0 fully saturated rings. The fourth-order valence-corrected chi connectivity index (χ4v) is 6.64. The van der Waals surface area contributed by atoms with Crippen LogP contribution in [0.4, 0.5) is 11.4 Å². The van der Waals surface area contributed by atoms with E-state index in [-0.39, 0.29) is 17.9 Å². The number of benzene rings is 4. The third kappa shape index (κ3) is 6.84. The molecule has 6 rings (SSSR count). The van der Waals surface area contributed by atoms with Crippen molar-refractivity contribution in [1.82, 2.24) is 4.57 Å². The summed E-state index contributed by atoms with van der Waals surface area (Å²) in [5, 5.41) is 13.9. The standard InChI is InChI=1S/C37H32N4O8S/c1-22-33(35(42)39-25-8-6-5-7-9-25)34(28-16-15-27(46-2)20-30(28)47-3)40-36(43)32(50-37(40)38-22)19-24-12-17-29(31(18-24)48-4)49-21-23-10-13-26(14-11-23)41(44)45/h5-20,34H,21H2,1-4H3,(H,39,42)/b32-19-/t34-/m1/s1. The Hall–Kier alpha value is -6.21. The molecule has 13 heteroatoms. The van der Waals surface area contributed by atoms with Gasteiger partial charge in [-0.05, 0) is 72.7 Å². The minimum absolute atomic E-state index is 0.00254. The minimum atomic E-state index is -0.859. The van der Waals surface area contributed by atoms with Gasteiger partial charge in [-0.15, -0.1) is 0 Å². The molecule has 1 aromatic heterocycles. The average Bonchev–Trinajstić information content (AvgIpc) is 3.43. The van der Waals surface area contributed by atoms with Crippen LogP contribution in [0.1, 0.15) is 29.7 Å². The van der Waals surface area contributed by atoms with Gasteiger partial charge in [0.05, 0.1) is 42.1 Å². The number of para-hydroxylation sites is 1. The Kier molecular flexibility index (Phi) is 9.77. The van der Waals surface area contributed by atoms with Crippen LogP contribution in [0.5, 0.6) is 23.0 Å². The van der Waals surface area contributed by atoms with Gasteiger partial charge in [0.15, 0.2) is 16.3 Å². The largest absolute Gasteiger partial charge is 0.497 e. The molecule has 0 spiro atoms. The van der Waals surface area contributed by atoms with Gasteiger partial charge in [0, 0.05) is 29.4 Å². The number of hydrogen-bond acceptors (Lipinski definition) is 10. The molecule has 2 heterocycles. The lowest BCUT2D eigenvalue weighted by molar-refractivity contribution is -0.384. The lowest BCUT2D eigenvalue weighted by Crippen LogP contribution is -2.40. The molecule has 1 aliphatic heterocycles. The van der Waals surface area contributed by atoms with Crippen LogP contribution in [-0.4, -0.2) is 36.7 Å². The highest BCUT2D eigenvalue weighted by Gasteiger charge is 2.34. The summed E-state index contributed by atoms with van der Waals surface area (Å²) in [6, 6.07) is 24.8. The van der Waals surface area contributed by atoms with E-state index in [1.54, 1.807) is 80.8 Å². The second-order valence-electron chi connectivity index (χ2n) is 11.1. The number of aromatic nitrogens is 1. The molecular weight excluding hydrogens is 660 g/mol. The smallest absolute Gasteiger partial charge is 0.271 e. The third-order valence-corrected chi connectivity index (χ3v) is 9.04. The van der Waals surface area contributed by atoms with Crippen LogP contribution in [0.2, 0.25) is 0 Å². The van der Waals surface area contributed by atoms with Gasteiger partial charge in [0.2, 0.25) is 0 Å². The fraction of sp³-hybridized carbons (Fsp3) is 0.162. The van der Waals surface area contributed by atoms with E-state index in [4.69, 9.17) is 23.9 Å². The summed E-state index contributed by atoms with van der Waals surface area (Å²) >= 11 is 1.20. The fourth-order valence-electron chi connectivity index (χ4n) is 5.59. The molecule has 0 bridgehead atoms. The van der Waals surface area contributed by atoms with Gasteiger partial charge in [-0.1, -0.05) is 35.6 Å². The first-order valence-electron chi connectivity index (χ1n) is 15.4. The number of fused-ring (bicyclic) bond motifs is 1. The predicted octanol–water partition coefficient (Wildman–Crippen LogP) is 5.39. The number of anilines is 1. The molecule has 0 radical (unpaired) electrons. The van der Waals surface area contributed by atoms with Crippen LogP contribution in [0.3, 0.4) is 0 Å². The van der Waals surface area contributed by atoms with Gasteiger partial charge in [0.25, 0.3) is 17.2 Å². The number of hydrogen-bond donors (Lipinski definition) is 1. The highest BCUT2D eigenvalue weighted by molar-refractivity contribution is 7.07. The number of methoxy groups -OCH3 is 3. The van der Waals surface area contributed by atoms with Crippen molar-refractivity contribution in [3.05, 3.63) is 149 Å². The monoisotopic (exact) mass is 692 g/mol. The highest BCUT2D eigenvalue weighted by Crippen LogP contribution is 2.38. The van der Waals surface area contributed by atoms with E-state index < -0.39 is 16.9 Å². The number of rotatable bonds is 11. The van der Waals surface area contributed by atoms with Crippen LogP contribution in [0, 0.1) is 10.1 Å². The maximum Gasteiger partial charge on any atom is 0.271 e. The summed E-state index contributed by atoms with van der Waals surface area (Å²) in [6.07, 6.45) is 1.73. The summed E-state index contributed by atoms with van der Waals surface area (Å²) in [5.74, 6) is 1.50. The first kappa shape index (κ1) is 33.7. The number of nitro benzene ring substituents is 1. The van der Waals surface area contributed by atoms with Crippen molar-refractivity contribution in [2.75, 3.05) is 26.6 Å². The van der Waals surface area contributed by atoms with E-state index in [0.29, 0.717) is 60.4 Å². The van der Waals surface area contributed by atoms with Crippen molar-refractivity contribution in [2.45, 2.75) is 19.6 Å². The second kappa shape index (κ2) is 14.5. The minimum Gasteiger partial charge on any atom is -0.497 e. The van der Waals surface area contributed by atoms with Gasteiger partial charge in [0.1, 0.15) is 24.1 Å². The molecule has 254 valence electrons. The predicted molar refractivity (Wildman–Crippen MR) is 189 cm³/mol. The summed E-state index contributed by atoms with van der Waals surface area (Å²) in [4.78, 5) is 43.9. The molecule has 1 aliphatic rings. The molecule has 1 N–H and O–H groups in total. The molecule has 4 aromatic carbocycles. The summed E-state index contributed by atoms with van der Waals surface area (Å²) in [6.45, 7) is 1.92. The maximum absolute atomic E-state index is 14.3. The molecule has 50 heavy (non-hydrogen) atoms. The third-order valence-electron chi connectivity index (χ3n) is 8.06. The number of allylic oxidation sites excluding steroid dienone is 1. The lowest BCUT2D eigenvalue weighted by atomic mass is 9.94. The molecule has 12 nitrogen and oxygen atoms in total. The number of nitrogens with zero attached hydrogens (tertiary/aromatic N) is 3. The van der Waals surface area contributed by atoms with Gasteiger partial charge >= 0.3 is 0 Å². The van der Waals surface area contributed by atoms with E-state index in [2.05, 4.69) is 5.32 Å². The molecule has 0 saturated carbocycles. The summed E-state index contributed by atoms with van der Waals surface area (Å²) in [5.41, 5.74) is 3.03. The molecule has 5 aromatic rings. The number of carbonyl (C=O) groups excluding carboxylic acids is 1. The lowest BCUT2D eigenvalue weighted by Gasteiger charge is -2.26. The zero-order valence-electron chi connectivity index (χ0n) is 27.5. The van der Waals surface area contributed by atoms with Crippen molar-refractivity contribution >= 4 is 34.7 Å². The van der Waals surface area contributed by atoms with Crippen molar-refractivity contribution in [1.29, 1.82) is 0 Å². The number of non-ortho nitro benzene ring substituents is 1. The van der Waals surface area contributed by atoms with Crippen molar-refractivity contribution in [2.24, 2.45) is 4.99 Å². The van der Waals surface area contributed by atoms with Gasteiger partial charge in [-0.2, -0.15) is 0 Å². The first-order valence-corrected chi connectivity index (χ1v) is 16.2. The molecule has 0 saturated heterocycles. The molecule has 0 unspecified atom stereocenters. The quantitative estimate of drug-likeness (QED) is 0.144. The van der Waals surface area contributed by atoms with Gasteiger partial charge < -0.3 is 24.3 Å². The van der Waals surface area contributed by atoms with Crippen molar-refractivity contribution in [3.8, 4) is 23.0 Å². The van der Waals surface area contributed by atoms with E-state index >= 15 is 0 Å². The zero-order chi connectivity index (χ0) is 35.4. The van der Waals surface area contributed by atoms with Crippen LogP contribution in [0.15, 0.2) is 112 Å². The zero-order valence-corrected chi connectivity index (χ0v) is 28.4. The Morgan fingerprint density at radius 2 is 1.68 bits per heavy atom. The van der Waals surface area contributed by atoms with E-state index in [9.17, 15) is 19.7 Å². The van der Waals surface area contributed by atoms with Crippen LogP contribution >= 0.6 is 11.3 Å². The number of nitrogens with one attached hydrogen (secondary N) is 1. The Morgan fingerprint density at radius 1 is 0.940 bits per heavy atom. The Morgan fingerprint density at radius 3 is 2.36 bits per heavy atom. The number of ether oxygens (including phenoxy) is 4. The first-order chi connectivity index (χ1) is 24.2. The highest BCUT2D eigenvalue weighted by atomic mass is 32.1. The Labute approximate surface area is 290 Å². The van der Waals surface area contributed by atoms with Crippen LogP contribution in [-0.2, 0) is 11.4 Å². The normalized spacial score (nSPS) is 14.0. The van der Waals surface area contributed by atoms with Crippen molar-refractivity contribution in [3.63, 3.8) is 0 Å². The number of carbonyl (C=O) groups is 1. The Balaban J connectivity index is 1.38. The Bertz CT molecular complexity index is 2300. The van der Waals surface area contributed by atoms with E-state index in [1.165, 1.54) is 42.3 Å².